The summed E-state index contributed by atoms with van der Waals surface area (Å²) in [6, 6.07) is 16.2. The SMILES string of the molecule is COC(=O)[C@@H](C)n1nc(-c2cccc3ccccc23)ccc1=O. The Bertz CT molecular complexity index is 925. The first-order valence-electron chi connectivity index (χ1n) is 7.27. The van der Waals surface area contributed by atoms with E-state index in [-0.39, 0.29) is 5.56 Å². The van der Waals surface area contributed by atoms with Crippen LogP contribution in [0.25, 0.3) is 22.0 Å². The van der Waals surface area contributed by atoms with E-state index in [1.165, 1.54) is 13.2 Å². The van der Waals surface area contributed by atoms with Crippen molar-refractivity contribution in [2.75, 3.05) is 7.11 Å². The molecule has 2 aromatic carbocycles. The van der Waals surface area contributed by atoms with Gasteiger partial charge >= 0.3 is 5.97 Å². The lowest BCUT2D eigenvalue weighted by Crippen LogP contribution is -2.30. The normalized spacial score (nSPS) is 12.1. The number of carbonyl (C=O) groups is 1. The van der Waals surface area contributed by atoms with Crippen molar-refractivity contribution in [3.8, 4) is 11.3 Å². The van der Waals surface area contributed by atoms with E-state index in [2.05, 4.69) is 5.10 Å². The quantitative estimate of drug-likeness (QED) is 0.698. The van der Waals surface area contributed by atoms with Crippen LogP contribution in [0.3, 0.4) is 0 Å². The average molecular weight is 308 g/mol. The topological polar surface area (TPSA) is 61.2 Å². The number of carbonyl (C=O) groups excluding carboxylic acids is 1. The lowest BCUT2D eigenvalue weighted by Gasteiger charge is -2.13. The second-order valence-electron chi connectivity index (χ2n) is 5.23. The van der Waals surface area contributed by atoms with E-state index in [1.807, 2.05) is 42.5 Å². The monoisotopic (exact) mass is 308 g/mol. The Kier molecular flexibility index (Phi) is 3.93. The molecule has 0 aliphatic rings. The Morgan fingerprint density at radius 3 is 2.61 bits per heavy atom. The van der Waals surface area contributed by atoms with Gasteiger partial charge in [-0.1, -0.05) is 42.5 Å². The van der Waals surface area contributed by atoms with Gasteiger partial charge in [-0.25, -0.2) is 9.48 Å². The highest BCUT2D eigenvalue weighted by molar-refractivity contribution is 5.95. The van der Waals surface area contributed by atoms with Gasteiger partial charge in [-0.05, 0) is 23.8 Å². The number of rotatable bonds is 3. The molecule has 0 aliphatic heterocycles. The molecular weight excluding hydrogens is 292 g/mol. The van der Waals surface area contributed by atoms with Gasteiger partial charge in [-0.3, -0.25) is 4.79 Å². The van der Waals surface area contributed by atoms with Crippen LogP contribution in [-0.4, -0.2) is 22.9 Å². The van der Waals surface area contributed by atoms with Crippen molar-refractivity contribution in [3.05, 3.63) is 65.0 Å². The summed E-state index contributed by atoms with van der Waals surface area (Å²) >= 11 is 0. The number of benzene rings is 2. The molecule has 5 heteroatoms. The average Bonchev–Trinajstić information content (AvgIpc) is 2.60. The van der Waals surface area contributed by atoms with Gasteiger partial charge in [0.1, 0.15) is 0 Å². The van der Waals surface area contributed by atoms with E-state index in [4.69, 9.17) is 4.74 Å². The molecule has 0 aliphatic carbocycles. The standard InChI is InChI=1S/C18H16N2O3/c1-12(18(22)23-2)20-17(21)11-10-16(19-20)15-9-5-7-13-6-3-4-8-14(13)15/h3-12H,1-2H3/t12-/m1/s1. The highest BCUT2D eigenvalue weighted by atomic mass is 16.5. The maximum absolute atomic E-state index is 12.0. The van der Waals surface area contributed by atoms with Crippen LogP contribution in [0.5, 0.6) is 0 Å². The third-order valence-electron chi connectivity index (χ3n) is 3.80. The smallest absolute Gasteiger partial charge is 0.330 e. The van der Waals surface area contributed by atoms with Crippen molar-refractivity contribution in [2.45, 2.75) is 13.0 Å². The minimum atomic E-state index is -0.776. The number of ether oxygens (including phenoxy) is 1. The summed E-state index contributed by atoms with van der Waals surface area (Å²) in [5.41, 5.74) is 1.21. The maximum Gasteiger partial charge on any atom is 0.330 e. The summed E-state index contributed by atoms with van der Waals surface area (Å²) in [6.07, 6.45) is 0. The minimum Gasteiger partial charge on any atom is -0.467 e. The zero-order chi connectivity index (χ0) is 16.4. The number of fused-ring (bicyclic) bond motifs is 1. The van der Waals surface area contributed by atoms with Crippen LogP contribution in [0.4, 0.5) is 0 Å². The number of nitrogens with zero attached hydrogens (tertiary/aromatic N) is 2. The van der Waals surface area contributed by atoms with Gasteiger partial charge in [0.05, 0.1) is 12.8 Å². The van der Waals surface area contributed by atoms with Gasteiger partial charge in [0, 0.05) is 11.6 Å². The highest BCUT2D eigenvalue weighted by Crippen LogP contribution is 2.26. The van der Waals surface area contributed by atoms with Crippen LogP contribution >= 0.6 is 0 Å². The fraction of sp³-hybridized carbons (Fsp3) is 0.167. The maximum atomic E-state index is 12.0. The van der Waals surface area contributed by atoms with E-state index < -0.39 is 12.0 Å². The van der Waals surface area contributed by atoms with Crippen molar-refractivity contribution in [3.63, 3.8) is 0 Å². The molecular formula is C18H16N2O3. The second kappa shape index (κ2) is 6.04. The summed E-state index contributed by atoms with van der Waals surface area (Å²) in [6.45, 7) is 1.59. The molecule has 0 saturated heterocycles. The van der Waals surface area contributed by atoms with Crippen molar-refractivity contribution >= 4 is 16.7 Å². The molecule has 116 valence electrons. The van der Waals surface area contributed by atoms with E-state index in [9.17, 15) is 9.59 Å². The third-order valence-corrected chi connectivity index (χ3v) is 3.80. The molecule has 0 radical (unpaired) electrons. The van der Waals surface area contributed by atoms with Crippen molar-refractivity contribution in [1.29, 1.82) is 0 Å². The number of esters is 1. The summed E-state index contributed by atoms with van der Waals surface area (Å²) in [7, 11) is 1.29. The molecule has 0 fully saturated rings. The molecule has 5 nitrogen and oxygen atoms in total. The van der Waals surface area contributed by atoms with Crippen molar-refractivity contribution < 1.29 is 9.53 Å². The van der Waals surface area contributed by atoms with E-state index in [0.29, 0.717) is 5.69 Å². The lowest BCUT2D eigenvalue weighted by atomic mass is 10.0. The summed E-state index contributed by atoms with van der Waals surface area (Å²) in [5.74, 6) is -0.505. The molecule has 3 aromatic rings. The third kappa shape index (κ3) is 2.73. The Hall–Kier alpha value is -2.95. The fourth-order valence-electron chi connectivity index (χ4n) is 2.57. The first-order valence-corrected chi connectivity index (χ1v) is 7.27. The van der Waals surface area contributed by atoms with Crippen LogP contribution in [0.15, 0.2) is 59.4 Å². The van der Waals surface area contributed by atoms with Crippen LogP contribution < -0.4 is 5.56 Å². The molecule has 1 aromatic heterocycles. The van der Waals surface area contributed by atoms with Crippen LogP contribution in [0.1, 0.15) is 13.0 Å². The summed E-state index contributed by atoms with van der Waals surface area (Å²) in [5, 5.41) is 6.49. The molecule has 1 atom stereocenters. The Morgan fingerprint density at radius 2 is 1.83 bits per heavy atom. The first-order chi connectivity index (χ1) is 11.1. The predicted octanol–water partition coefficient (Wildman–Crippen LogP) is 2.80. The molecule has 0 spiro atoms. The number of hydrogen-bond donors (Lipinski definition) is 0. The Morgan fingerprint density at radius 1 is 1.09 bits per heavy atom. The Balaban J connectivity index is 2.17. The zero-order valence-electron chi connectivity index (χ0n) is 12.9. The molecule has 0 bridgehead atoms. The molecule has 0 unspecified atom stereocenters. The largest absolute Gasteiger partial charge is 0.467 e. The summed E-state index contributed by atoms with van der Waals surface area (Å²) in [4.78, 5) is 23.7. The van der Waals surface area contributed by atoms with Gasteiger partial charge in [0.15, 0.2) is 6.04 Å². The number of hydrogen-bond acceptors (Lipinski definition) is 4. The highest BCUT2D eigenvalue weighted by Gasteiger charge is 2.18. The predicted molar refractivity (Wildman–Crippen MR) is 88.2 cm³/mol. The van der Waals surface area contributed by atoms with Gasteiger partial charge in [-0.15, -0.1) is 0 Å². The van der Waals surface area contributed by atoms with E-state index in [0.717, 1.165) is 21.0 Å². The summed E-state index contributed by atoms with van der Waals surface area (Å²) < 4.78 is 5.85. The van der Waals surface area contributed by atoms with Crippen molar-refractivity contribution in [1.82, 2.24) is 9.78 Å². The molecule has 0 N–H and O–H groups in total. The van der Waals surface area contributed by atoms with E-state index in [1.54, 1.807) is 13.0 Å². The van der Waals surface area contributed by atoms with Gasteiger partial charge in [-0.2, -0.15) is 5.10 Å². The zero-order valence-corrected chi connectivity index (χ0v) is 12.9. The molecule has 3 rings (SSSR count). The van der Waals surface area contributed by atoms with Crippen LogP contribution in [0, 0.1) is 0 Å². The number of methoxy groups -OCH3 is 1. The van der Waals surface area contributed by atoms with Crippen molar-refractivity contribution in [2.24, 2.45) is 0 Å². The second-order valence-corrected chi connectivity index (χ2v) is 5.23. The first kappa shape index (κ1) is 15.0. The lowest BCUT2D eigenvalue weighted by molar-refractivity contribution is -0.144. The van der Waals surface area contributed by atoms with Crippen LogP contribution in [0.2, 0.25) is 0 Å². The molecule has 0 saturated carbocycles. The van der Waals surface area contributed by atoms with E-state index >= 15 is 0 Å². The molecule has 0 amide bonds. The molecule has 23 heavy (non-hydrogen) atoms. The molecule has 1 heterocycles. The number of aromatic nitrogens is 2. The Labute approximate surface area is 133 Å². The van der Waals surface area contributed by atoms with Gasteiger partial charge < -0.3 is 4.74 Å². The fourth-order valence-corrected chi connectivity index (χ4v) is 2.57. The van der Waals surface area contributed by atoms with Gasteiger partial charge in [0.25, 0.3) is 5.56 Å². The van der Waals surface area contributed by atoms with Gasteiger partial charge in [0.2, 0.25) is 0 Å². The minimum absolute atomic E-state index is 0.341. The van der Waals surface area contributed by atoms with Crippen LogP contribution in [-0.2, 0) is 9.53 Å².